The van der Waals surface area contributed by atoms with E-state index in [-0.39, 0.29) is 0 Å². The highest BCUT2D eigenvalue weighted by Crippen LogP contribution is 2.22. The first-order valence-electron chi connectivity index (χ1n) is 6.14. The molecular weight excluding hydrogens is 232 g/mol. The van der Waals surface area contributed by atoms with E-state index in [0.29, 0.717) is 0 Å². The van der Waals surface area contributed by atoms with Crippen LogP contribution in [-0.2, 0) is 0 Å². The first-order valence-corrected chi connectivity index (χ1v) is 7.29. The normalized spacial score (nSPS) is 12.5. The maximum absolute atomic E-state index is 9.47. The molecule has 1 aromatic carbocycles. The van der Waals surface area contributed by atoms with Gasteiger partial charge in [0.15, 0.2) is 0 Å². The molecule has 0 saturated heterocycles. The van der Waals surface area contributed by atoms with Crippen molar-refractivity contribution in [3.05, 3.63) is 29.3 Å². The van der Waals surface area contributed by atoms with Crippen LogP contribution >= 0.6 is 11.8 Å². The van der Waals surface area contributed by atoms with E-state index >= 15 is 0 Å². The van der Waals surface area contributed by atoms with Gasteiger partial charge in [0.1, 0.15) is 5.75 Å². The smallest absolute Gasteiger partial charge is 0.122 e. The summed E-state index contributed by atoms with van der Waals surface area (Å²) in [6, 6.07) is 5.86. The van der Waals surface area contributed by atoms with Gasteiger partial charge in [-0.3, -0.25) is 0 Å². The molecule has 3 heteroatoms. The Balaban J connectivity index is 2.43. The van der Waals surface area contributed by atoms with Crippen molar-refractivity contribution in [1.82, 2.24) is 0 Å². The lowest BCUT2D eigenvalue weighted by Gasteiger charge is -2.11. The SMILES string of the molecule is CCSCCCOc1ccc([C@@H](C)O)cc1C. The van der Waals surface area contributed by atoms with E-state index in [9.17, 15) is 5.11 Å². The molecule has 0 fully saturated rings. The van der Waals surface area contributed by atoms with Crippen LogP contribution < -0.4 is 4.74 Å². The minimum absolute atomic E-state index is 0.413. The molecule has 96 valence electrons. The van der Waals surface area contributed by atoms with E-state index in [4.69, 9.17) is 4.74 Å². The van der Waals surface area contributed by atoms with Crippen LogP contribution in [0.1, 0.15) is 37.5 Å². The van der Waals surface area contributed by atoms with E-state index in [0.717, 1.165) is 35.7 Å². The zero-order chi connectivity index (χ0) is 12.7. The maximum atomic E-state index is 9.47. The van der Waals surface area contributed by atoms with Crippen molar-refractivity contribution in [1.29, 1.82) is 0 Å². The van der Waals surface area contributed by atoms with Crippen molar-refractivity contribution >= 4 is 11.8 Å². The zero-order valence-corrected chi connectivity index (χ0v) is 11.7. The van der Waals surface area contributed by atoms with Crippen molar-refractivity contribution in [2.24, 2.45) is 0 Å². The van der Waals surface area contributed by atoms with Crippen LogP contribution in [0.4, 0.5) is 0 Å². The first kappa shape index (κ1) is 14.4. The highest BCUT2D eigenvalue weighted by Gasteiger charge is 2.04. The van der Waals surface area contributed by atoms with Gasteiger partial charge in [-0.2, -0.15) is 11.8 Å². The number of aliphatic hydroxyl groups is 1. The van der Waals surface area contributed by atoms with Crippen LogP contribution in [0.2, 0.25) is 0 Å². The molecule has 0 bridgehead atoms. The summed E-state index contributed by atoms with van der Waals surface area (Å²) in [7, 11) is 0. The lowest BCUT2D eigenvalue weighted by Crippen LogP contribution is -2.01. The number of aliphatic hydroxyl groups excluding tert-OH is 1. The van der Waals surface area contributed by atoms with Crippen molar-refractivity contribution in [3.8, 4) is 5.75 Å². The van der Waals surface area contributed by atoms with Gasteiger partial charge in [-0.15, -0.1) is 0 Å². The Morgan fingerprint density at radius 2 is 2.18 bits per heavy atom. The lowest BCUT2D eigenvalue weighted by atomic mass is 10.1. The number of hydrogen-bond donors (Lipinski definition) is 1. The molecule has 0 saturated carbocycles. The Morgan fingerprint density at radius 1 is 1.41 bits per heavy atom. The van der Waals surface area contributed by atoms with E-state index in [1.54, 1.807) is 6.92 Å². The summed E-state index contributed by atoms with van der Waals surface area (Å²) < 4.78 is 5.72. The van der Waals surface area contributed by atoms with Crippen molar-refractivity contribution in [3.63, 3.8) is 0 Å². The highest BCUT2D eigenvalue weighted by molar-refractivity contribution is 7.99. The molecule has 2 nitrogen and oxygen atoms in total. The van der Waals surface area contributed by atoms with Crippen LogP contribution in [0.5, 0.6) is 5.75 Å². The second kappa shape index (κ2) is 7.62. The number of benzene rings is 1. The second-order valence-corrected chi connectivity index (χ2v) is 5.49. The molecule has 0 heterocycles. The second-order valence-electron chi connectivity index (χ2n) is 4.10. The Labute approximate surface area is 108 Å². The molecule has 0 radical (unpaired) electrons. The standard InChI is InChI=1S/C14H22O2S/c1-4-17-9-5-8-16-14-7-6-13(12(3)15)10-11(14)2/h6-7,10,12,15H,4-5,8-9H2,1-3H3/t12-/m1/s1. The minimum atomic E-state index is -0.413. The molecule has 1 atom stereocenters. The van der Waals surface area contributed by atoms with Gasteiger partial charge in [0.2, 0.25) is 0 Å². The number of hydrogen-bond acceptors (Lipinski definition) is 3. The van der Waals surface area contributed by atoms with Crippen LogP contribution in [0.3, 0.4) is 0 Å². The van der Waals surface area contributed by atoms with Gasteiger partial charge in [0.25, 0.3) is 0 Å². The largest absolute Gasteiger partial charge is 0.493 e. The molecule has 0 aromatic heterocycles. The van der Waals surface area contributed by atoms with Crippen molar-refractivity contribution in [2.75, 3.05) is 18.1 Å². The summed E-state index contributed by atoms with van der Waals surface area (Å²) >= 11 is 1.94. The van der Waals surface area contributed by atoms with Gasteiger partial charge in [0.05, 0.1) is 12.7 Å². The average Bonchev–Trinajstić information content (AvgIpc) is 2.30. The summed E-state index contributed by atoms with van der Waals surface area (Å²) in [6.07, 6.45) is 0.666. The number of thioether (sulfide) groups is 1. The molecule has 1 N–H and O–H groups in total. The molecule has 0 aliphatic carbocycles. The topological polar surface area (TPSA) is 29.5 Å². The summed E-state index contributed by atoms with van der Waals surface area (Å²) in [4.78, 5) is 0. The van der Waals surface area contributed by atoms with Crippen LogP contribution in [-0.4, -0.2) is 23.2 Å². The third-order valence-corrected chi connectivity index (χ3v) is 3.56. The van der Waals surface area contributed by atoms with Gasteiger partial charge < -0.3 is 9.84 Å². The fraction of sp³-hybridized carbons (Fsp3) is 0.571. The number of aryl methyl sites for hydroxylation is 1. The molecule has 1 rings (SSSR count). The van der Waals surface area contributed by atoms with Gasteiger partial charge in [0, 0.05) is 0 Å². The van der Waals surface area contributed by atoms with E-state index in [2.05, 4.69) is 6.92 Å². The predicted octanol–water partition coefficient (Wildman–Crippen LogP) is 3.57. The predicted molar refractivity (Wildman–Crippen MR) is 74.9 cm³/mol. The van der Waals surface area contributed by atoms with Crippen molar-refractivity contribution < 1.29 is 9.84 Å². The van der Waals surface area contributed by atoms with Crippen molar-refractivity contribution in [2.45, 2.75) is 33.3 Å². The molecule has 0 amide bonds. The average molecular weight is 254 g/mol. The van der Waals surface area contributed by atoms with Crippen LogP contribution in [0.15, 0.2) is 18.2 Å². The Hall–Kier alpha value is -0.670. The van der Waals surface area contributed by atoms with E-state index in [1.807, 2.05) is 36.9 Å². The van der Waals surface area contributed by atoms with E-state index in [1.165, 1.54) is 5.75 Å². The molecule has 0 unspecified atom stereocenters. The molecule has 0 aliphatic rings. The zero-order valence-electron chi connectivity index (χ0n) is 10.9. The summed E-state index contributed by atoms with van der Waals surface area (Å²) in [5.41, 5.74) is 2.03. The fourth-order valence-electron chi connectivity index (χ4n) is 1.58. The number of rotatable bonds is 7. The van der Waals surface area contributed by atoms with Gasteiger partial charge in [-0.1, -0.05) is 13.0 Å². The van der Waals surface area contributed by atoms with Gasteiger partial charge in [-0.25, -0.2) is 0 Å². The first-order chi connectivity index (χ1) is 8.15. The third kappa shape index (κ3) is 5.00. The molecule has 0 aliphatic heterocycles. The summed E-state index contributed by atoms with van der Waals surface area (Å²) in [6.45, 7) is 6.73. The Kier molecular flexibility index (Phi) is 6.45. The van der Waals surface area contributed by atoms with Crippen LogP contribution in [0.25, 0.3) is 0 Å². The fourth-order valence-corrected chi connectivity index (χ4v) is 2.19. The third-order valence-electron chi connectivity index (χ3n) is 2.58. The minimum Gasteiger partial charge on any atom is -0.493 e. The highest BCUT2D eigenvalue weighted by atomic mass is 32.2. The van der Waals surface area contributed by atoms with Gasteiger partial charge >= 0.3 is 0 Å². The Morgan fingerprint density at radius 3 is 2.76 bits per heavy atom. The number of ether oxygens (including phenoxy) is 1. The van der Waals surface area contributed by atoms with Crippen LogP contribution in [0, 0.1) is 6.92 Å². The molecule has 0 spiro atoms. The maximum Gasteiger partial charge on any atom is 0.122 e. The quantitative estimate of drug-likeness (QED) is 0.754. The van der Waals surface area contributed by atoms with Gasteiger partial charge in [-0.05, 0) is 55.0 Å². The molecular formula is C14H22O2S. The monoisotopic (exact) mass is 254 g/mol. The summed E-state index contributed by atoms with van der Waals surface area (Å²) in [5.74, 6) is 3.25. The van der Waals surface area contributed by atoms with E-state index < -0.39 is 6.10 Å². The Bertz CT molecular complexity index is 337. The molecule has 17 heavy (non-hydrogen) atoms. The lowest BCUT2D eigenvalue weighted by molar-refractivity contribution is 0.199. The molecule has 1 aromatic rings. The summed E-state index contributed by atoms with van der Waals surface area (Å²) in [5, 5.41) is 9.47.